The predicted molar refractivity (Wildman–Crippen MR) is 114 cm³/mol. The fraction of sp³-hybridized carbons (Fsp3) is 0.318. The van der Waals surface area contributed by atoms with E-state index in [1.54, 1.807) is 41.8 Å². The zero-order valence-electron chi connectivity index (χ0n) is 16.5. The Balaban J connectivity index is 1.62. The summed E-state index contributed by atoms with van der Waals surface area (Å²) in [5, 5.41) is 2.74. The Hall–Kier alpha value is -2.64. The molecule has 1 N–H and O–H groups in total. The number of nitrogens with zero attached hydrogens (tertiary/aromatic N) is 1. The summed E-state index contributed by atoms with van der Waals surface area (Å²) in [4.78, 5) is 12.4. The number of sulfonamides is 1. The second kappa shape index (κ2) is 9.71. The summed E-state index contributed by atoms with van der Waals surface area (Å²) < 4.78 is 32.3. The van der Waals surface area contributed by atoms with Crippen LogP contribution in [0.3, 0.4) is 0 Å². The molecule has 1 amide bonds. The number of rotatable bonds is 6. The smallest absolute Gasteiger partial charge is 0.248 e. The Morgan fingerprint density at radius 3 is 2.17 bits per heavy atom. The van der Waals surface area contributed by atoms with Gasteiger partial charge in [-0.05, 0) is 60.9 Å². The van der Waals surface area contributed by atoms with Crippen molar-refractivity contribution in [1.29, 1.82) is 0 Å². The maximum absolute atomic E-state index is 12.8. The molecule has 0 saturated carbocycles. The second-order valence-electron chi connectivity index (χ2n) is 6.94. The van der Waals surface area contributed by atoms with Crippen molar-refractivity contribution in [3.05, 3.63) is 60.2 Å². The zero-order chi connectivity index (χ0) is 20.7. The molecule has 7 heteroatoms. The third-order valence-electron chi connectivity index (χ3n) is 4.87. The normalized spacial score (nSPS) is 15.8. The molecule has 2 aromatic rings. The molecule has 0 bridgehead atoms. The molecule has 0 spiro atoms. The summed E-state index contributed by atoms with van der Waals surface area (Å²) >= 11 is 0. The first-order chi connectivity index (χ1) is 14.0. The number of hydrogen-bond donors (Lipinski definition) is 1. The van der Waals surface area contributed by atoms with Crippen molar-refractivity contribution in [2.75, 3.05) is 25.5 Å². The van der Waals surface area contributed by atoms with E-state index in [2.05, 4.69) is 5.32 Å². The van der Waals surface area contributed by atoms with Gasteiger partial charge in [-0.15, -0.1) is 0 Å². The van der Waals surface area contributed by atoms with E-state index in [-0.39, 0.29) is 10.8 Å². The van der Waals surface area contributed by atoms with E-state index in [1.807, 2.05) is 24.3 Å². The van der Waals surface area contributed by atoms with E-state index in [4.69, 9.17) is 4.74 Å². The van der Waals surface area contributed by atoms with Crippen LogP contribution in [0, 0.1) is 0 Å². The summed E-state index contributed by atoms with van der Waals surface area (Å²) in [5.41, 5.74) is 1.42. The van der Waals surface area contributed by atoms with Crippen molar-refractivity contribution in [1.82, 2.24) is 4.31 Å². The van der Waals surface area contributed by atoms with Gasteiger partial charge in [0.25, 0.3) is 0 Å². The Morgan fingerprint density at radius 2 is 1.59 bits per heavy atom. The van der Waals surface area contributed by atoms with Crippen molar-refractivity contribution in [3.63, 3.8) is 0 Å². The van der Waals surface area contributed by atoms with Gasteiger partial charge in [0, 0.05) is 24.9 Å². The third kappa shape index (κ3) is 5.68. The van der Waals surface area contributed by atoms with E-state index in [0.717, 1.165) is 37.0 Å². The van der Waals surface area contributed by atoms with Crippen molar-refractivity contribution in [2.45, 2.75) is 30.6 Å². The van der Waals surface area contributed by atoms with Crippen LogP contribution in [-0.4, -0.2) is 38.8 Å². The fourth-order valence-electron chi connectivity index (χ4n) is 3.21. The molecule has 1 aliphatic heterocycles. The van der Waals surface area contributed by atoms with Gasteiger partial charge in [0.2, 0.25) is 15.9 Å². The Morgan fingerprint density at radius 1 is 0.966 bits per heavy atom. The number of carbonyl (C=O) groups is 1. The highest BCUT2D eigenvalue weighted by molar-refractivity contribution is 7.89. The molecule has 0 unspecified atom stereocenters. The third-order valence-corrected chi connectivity index (χ3v) is 6.78. The van der Waals surface area contributed by atoms with E-state index >= 15 is 0 Å². The standard InChI is InChI=1S/C22H26N2O4S/c1-28-20-11-6-18(7-12-20)8-15-22(25)23-19-9-13-21(14-10-19)29(26,27)24-16-4-2-3-5-17-24/h6-15H,2-5,16-17H2,1H3,(H,23,25). The van der Waals surface area contributed by atoms with Crippen LogP contribution in [0.4, 0.5) is 5.69 Å². The minimum absolute atomic E-state index is 0.256. The van der Waals surface area contributed by atoms with Crippen LogP contribution in [0.1, 0.15) is 31.2 Å². The number of carbonyl (C=O) groups excluding carboxylic acids is 1. The lowest BCUT2D eigenvalue weighted by Gasteiger charge is -2.20. The topological polar surface area (TPSA) is 75.7 Å². The van der Waals surface area contributed by atoms with Crippen molar-refractivity contribution < 1.29 is 17.9 Å². The number of amides is 1. The van der Waals surface area contributed by atoms with Crippen LogP contribution in [0.15, 0.2) is 59.5 Å². The summed E-state index contributed by atoms with van der Waals surface area (Å²) in [6, 6.07) is 13.7. The lowest BCUT2D eigenvalue weighted by molar-refractivity contribution is -0.111. The van der Waals surface area contributed by atoms with Crippen LogP contribution in [0.2, 0.25) is 0 Å². The molecule has 1 aliphatic rings. The summed E-state index contributed by atoms with van der Waals surface area (Å²) in [7, 11) is -1.89. The van der Waals surface area contributed by atoms with E-state index < -0.39 is 10.0 Å². The molecule has 0 atom stereocenters. The van der Waals surface area contributed by atoms with Gasteiger partial charge in [-0.25, -0.2) is 8.42 Å². The van der Waals surface area contributed by atoms with Gasteiger partial charge in [0.1, 0.15) is 5.75 Å². The van der Waals surface area contributed by atoms with Crippen molar-refractivity contribution in [3.8, 4) is 5.75 Å². The van der Waals surface area contributed by atoms with Gasteiger partial charge in [0.15, 0.2) is 0 Å². The second-order valence-corrected chi connectivity index (χ2v) is 8.88. The Bertz CT molecular complexity index is 943. The molecule has 0 aliphatic carbocycles. The highest BCUT2D eigenvalue weighted by atomic mass is 32.2. The largest absolute Gasteiger partial charge is 0.497 e. The number of anilines is 1. The Kier molecular flexibility index (Phi) is 7.06. The quantitative estimate of drug-likeness (QED) is 0.727. The first-order valence-electron chi connectivity index (χ1n) is 9.72. The minimum atomic E-state index is -3.49. The van der Waals surface area contributed by atoms with Crippen molar-refractivity contribution in [2.24, 2.45) is 0 Å². The van der Waals surface area contributed by atoms with E-state index in [0.29, 0.717) is 18.8 Å². The van der Waals surface area contributed by atoms with E-state index in [1.165, 1.54) is 6.08 Å². The number of methoxy groups -OCH3 is 1. The van der Waals surface area contributed by atoms with Gasteiger partial charge in [0.05, 0.1) is 12.0 Å². The molecular formula is C22H26N2O4S. The molecule has 154 valence electrons. The molecule has 6 nitrogen and oxygen atoms in total. The predicted octanol–water partition coefficient (Wildman–Crippen LogP) is 3.91. The molecule has 1 fully saturated rings. The first-order valence-corrected chi connectivity index (χ1v) is 11.2. The average Bonchev–Trinajstić information content (AvgIpc) is 3.03. The maximum Gasteiger partial charge on any atom is 0.248 e. The number of nitrogens with one attached hydrogen (secondary N) is 1. The number of hydrogen-bond acceptors (Lipinski definition) is 4. The molecule has 29 heavy (non-hydrogen) atoms. The monoisotopic (exact) mass is 414 g/mol. The van der Waals surface area contributed by atoms with Gasteiger partial charge in [-0.1, -0.05) is 25.0 Å². The SMILES string of the molecule is COc1ccc(C=CC(=O)Nc2ccc(S(=O)(=O)N3CCCCCC3)cc2)cc1. The molecule has 1 heterocycles. The number of benzene rings is 2. The zero-order valence-corrected chi connectivity index (χ0v) is 17.3. The molecule has 2 aromatic carbocycles. The first kappa shape index (κ1) is 21.1. The summed E-state index contributed by atoms with van der Waals surface area (Å²) in [6.07, 6.45) is 7.07. The molecule has 3 rings (SSSR count). The van der Waals surface area contributed by atoms with Gasteiger partial charge >= 0.3 is 0 Å². The van der Waals surface area contributed by atoms with Gasteiger partial charge in [-0.2, -0.15) is 4.31 Å². The van der Waals surface area contributed by atoms with E-state index in [9.17, 15) is 13.2 Å². The van der Waals surface area contributed by atoms with Crippen LogP contribution in [-0.2, 0) is 14.8 Å². The lowest BCUT2D eigenvalue weighted by Crippen LogP contribution is -2.31. The number of ether oxygens (including phenoxy) is 1. The van der Waals surface area contributed by atoms with Crippen LogP contribution in [0.25, 0.3) is 6.08 Å². The van der Waals surface area contributed by atoms with Gasteiger partial charge in [-0.3, -0.25) is 4.79 Å². The molecular weight excluding hydrogens is 388 g/mol. The minimum Gasteiger partial charge on any atom is -0.497 e. The molecule has 0 radical (unpaired) electrons. The van der Waals surface area contributed by atoms with Crippen molar-refractivity contribution >= 4 is 27.7 Å². The highest BCUT2D eigenvalue weighted by Crippen LogP contribution is 2.22. The molecule has 0 aromatic heterocycles. The van der Waals surface area contributed by atoms with Gasteiger partial charge < -0.3 is 10.1 Å². The molecule has 1 saturated heterocycles. The Labute approximate surface area is 172 Å². The summed E-state index contributed by atoms with van der Waals surface area (Å²) in [5.74, 6) is 0.464. The van der Waals surface area contributed by atoms with Crippen LogP contribution in [0.5, 0.6) is 5.75 Å². The maximum atomic E-state index is 12.8. The van der Waals surface area contributed by atoms with Crippen LogP contribution < -0.4 is 10.1 Å². The fourth-order valence-corrected chi connectivity index (χ4v) is 4.73. The average molecular weight is 415 g/mol. The summed E-state index contributed by atoms with van der Waals surface area (Å²) in [6.45, 7) is 1.13. The van der Waals surface area contributed by atoms with Crippen LogP contribution >= 0.6 is 0 Å². The highest BCUT2D eigenvalue weighted by Gasteiger charge is 2.24. The lowest BCUT2D eigenvalue weighted by atomic mass is 10.2.